The summed E-state index contributed by atoms with van der Waals surface area (Å²) in [6.45, 7) is 5.69. The maximum absolute atomic E-state index is 13.3. The van der Waals surface area contributed by atoms with Gasteiger partial charge in [0, 0.05) is 12.6 Å². The van der Waals surface area contributed by atoms with Crippen molar-refractivity contribution >= 4 is 18.2 Å². The van der Waals surface area contributed by atoms with Crippen LogP contribution in [-0.2, 0) is 9.53 Å². The molecule has 7 nitrogen and oxygen atoms in total. The monoisotopic (exact) mass is 374 g/mol. The minimum absolute atomic E-state index is 0.121. The van der Waals surface area contributed by atoms with Gasteiger partial charge in [-0.3, -0.25) is 4.79 Å². The zero-order valence-electron chi connectivity index (χ0n) is 16.5. The minimum Gasteiger partial charge on any atom is -0.444 e. The number of ether oxygens (including phenoxy) is 1. The summed E-state index contributed by atoms with van der Waals surface area (Å²) in [5.41, 5.74) is -1.57. The first kappa shape index (κ1) is 19.7. The molecule has 2 amide bonds. The number of hydrazone groups is 1. The van der Waals surface area contributed by atoms with Crippen molar-refractivity contribution < 1.29 is 14.3 Å². The van der Waals surface area contributed by atoms with Crippen LogP contribution >= 0.6 is 0 Å². The Morgan fingerprint density at radius 1 is 1.30 bits per heavy atom. The highest BCUT2D eigenvalue weighted by atomic mass is 16.6. The van der Waals surface area contributed by atoms with Crippen molar-refractivity contribution in [2.75, 3.05) is 6.54 Å². The molecule has 3 rings (SSSR count). The van der Waals surface area contributed by atoms with Crippen molar-refractivity contribution in [3.63, 3.8) is 0 Å². The molecule has 0 radical (unpaired) electrons. The number of amides is 2. The van der Waals surface area contributed by atoms with E-state index in [1.165, 1.54) is 24.3 Å². The second-order valence-corrected chi connectivity index (χ2v) is 9.05. The van der Waals surface area contributed by atoms with Crippen molar-refractivity contribution in [1.82, 2.24) is 10.3 Å². The highest BCUT2D eigenvalue weighted by Gasteiger charge is 2.65. The molecule has 3 atom stereocenters. The van der Waals surface area contributed by atoms with Crippen LogP contribution in [0.15, 0.2) is 5.10 Å². The average Bonchev–Trinajstić information content (AvgIpc) is 3.35. The van der Waals surface area contributed by atoms with Crippen LogP contribution in [0.1, 0.15) is 65.7 Å². The Morgan fingerprint density at radius 3 is 2.63 bits per heavy atom. The predicted molar refractivity (Wildman–Crippen MR) is 101 cm³/mol. The molecule has 0 saturated heterocycles. The second-order valence-electron chi connectivity index (χ2n) is 9.05. The van der Waals surface area contributed by atoms with Crippen LogP contribution in [0.3, 0.4) is 0 Å². The van der Waals surface area contributed by atoms with E-state index < -0.39 is 17.2 Å². The molecule has 27 heavy (non-hydrogen) atoms. The lowest BCUT2D eigenvalue weighted by Gasteiger charge is -2.31. The molecule has 2 fully saturated rings. The SMILES string of the molecule is CC(C)(C)OC(=O)NC1(C(=O)N2CC(C#N)CC=N2)CC1C1CCCCC1. The number of rotatable bonds is 3. The Bertz CT molecular complexity index is 657. The first-order valence-electron chi connectivity index (χ1n) is 10.0. The summed E-state index contributed by atoms with van der Waals surface area (Å²) >= 11 is 0. The number of nitrogens with zero attached hydrogens (tertiary/aromatic N) is 3. The molecule has 3 aliphatic rings. The fourth-order valence-corrected chi connectivity index (χ4v) is 4.38. The number of carbonyl (C=O) groups is 2. The van der Waals surface area contributed by atoms with Crippen LogP contribution in [0, 0.1) is 29.1 Å². The maximum Gasteiger partial charge on any atom is 0.408 e. The topological polar surface area (TPSA) is 94.8 Å². The Balaban J connectivity index is 1.77. The molecule has 1 heterocycles. The third-order valence-corrected chi connectivity index (χ3v) is 5.76. The van der Waals surface area contributed by atoms with Crippen molar-refractivity contribution in [2.45, 2.75) is 76.9 Å². The van der Waals surface area contributed by atoms with Crippen LogP contribution in [0.5, 0.6) is 0 Å². The third-order valence-electron chi connectivity index (χ3n) is 5.76. The molecular weight excluding hydrogens is 344 g/mol. The number of hydrogen-bond acceptors (Lipinski definition) is 5. The molecular formula is C20H30N4O3. The lowest BCUT2D eigenvalue weighted by molar-refractivity contribution is -0.136. The fraction of sp³-hybridized carbons (Fsp3) is 0.800. The summed E-state index contributed by atoms with van der Waals surface area (Å²) in [4.78, 5) is 25.8. The van der Waals surface area contributed by atoms with E-state index in [4.69, 9.17) is 4.74 Å². The van der Waals surface area contributed by atoms with Crippen molar-refractivity contribution in [3.05, 3.63) is 0 Å². The van der Waals surface area contributed by atoms with Gasteiger partial charge in [0.05, 0.1) is 18.5 Å². The summed E-state index contributed by atoms with van der Waals surface area (Å²) in [6.07, 6.45) is 8.02. The third kappa shape index (κ3) is 4.42. The van der Waals surface area contributed by atoms with Gasteiger partial charge in [-0.25, -0.2) is 9.80 Å². The first-order chi connectivity index (χ1) is 12.7. The zero-order chi connectivity index (χ0) is 19.7. The molecule has 1 N–H and O–H groups in total. The van der Waals surface area contributed by atoms with E-state index >= 15 is 0 Å². The number of alkyl carbamates (subject to hydrolysis) is 1. The largest absolute Gasteiger partial charge is 0.444 e. The van der Waals surface area contributed by atoms with E-state index in [0.717, 1.165) is 12.8 Å². The van der Waals surface area contributed by atoms with Gasteiger partial charge in [-0.15, -0.1) is 0 Å². The molecule has 2 aliphatic carbocycles. The molecule has 0 bridgehead atoms. The van der Waals surface area contributed by atoms with Gasteiger partial charge in [0.1, 0.15) is 11.1 Å². The summed E-state index contributed by atoms with van der Waals surface area (Å²) < 4.78 is 5.42. The summed E-state index contributed by atoms with van der Waals surface area (Å²) in [5, 5.41) is 17.7. The van der Waals surface area contributed by atoms with Crippen molar-refractivity contribution in [2.24, 2.45) is 22.9 Å². The smallest absolute Gasteiger partial charge is 0.408 e. The Morgan fingerprint density at radius 2 is 2.00 bits per heavy atom. The normalized spacial score (nSPS) is 31.1. The van der Waals surface area contributed by atoms with E-state index in [9.17, 15) is 14.9 Å². The van der Waals surface area contributed by atoms with E-state index in [0.29, 0.717) is 18.8 Å². The first-order valence-corrected chi connectivity index (χ1v) is 10.0. The molecule has 0 aromatic rings. The zero-order valence-corrected chi connectivity index (χ0v) is 16.5. The number of hydrogen-bond donors (Lipinski definition) is 1. The van der Waals surface area contributed by atoms with Gasteiger partial charge in [-0.1, -0.05) is 32.1 Å². The highest BCUT2D eigenvalue weighted by Crippen LogP contribution is 2.53. The van der Waals surface area contributed by atoms with E-state index in [2.05, 4.69) is 16.5 Å². The predicted octanol–water partition coefficient (Wildman–Crippen LogP) is 3.21. The number of nitrogens with one attached hydrogen (secondary N) is 1. The molecule has 0 spiro atoms. The van der Waals surface area contributed by atoms with E-state index in [1.807, 2.05) is 0 Å². The van der Waals surface area contributed by atoms with Crippen molar-refractivity contribution in [1.29, 1.82) is 5.26 Å². The van der Waals surface area contributed by atoms with Gasteiger partial charge < -0.3 is 10.1 Å². The van der Waals surface area contributed by atoms with Gasteiger partial charge in [0.2, 0.25) is 0 Å². The number of carbonyl (C=O) groups excluding carboxylic acids is 2. The Hall–Kier alpha value is -2.10. The fourth-order valence-electron chi connectivity index (χ4n) is 4.38. The van der Waals surface area contributed by atoms with Gasteiger partial charge >= 0.3 is 6.09 Å². The van der Waals surface area contributed by atoms with Crippen LogP contribution in [0.25, 0.3) is 0 Å². The van der Waals surface area contributed by atoms with E-state index in [-0.39, 0.29) is 24.3 Å². The van der Waals surface area contributed by atoms with Gasteiger partial charge in [-0.2, -0.15) is 10.4 Å². The summed E-state index contributed by atoms with van der Waals surface area (Å²) in [7, 11) is 0. The molecule has 1 aliphatic heterocycles. The lowest BCUT2D eigenvalue weighted by atomic mass is 9.84. The van der Waals surface area contributed by atoms with E-state index in [1.54, 1.807) is 27.0 Å². The molecule has 0 aromatic heterocycles. The Kier molecular flexibility index (Phi) is 5.45. The van der Waals surface area contributed by atoms with Gasteiger partial charge in [-0.05, 0) is 39.0 Å². The van der Waals surface area contributed by atoms with Crippen LogP contribution in [0.2, 0.25) is 0 Å². The molecule has 2 saturated carbocycles. The van der Waals surface area contributed by atoms with Gasteiger partial charge in [0.25, 0.3) is 5.91 Å². The Labute approximate surface area is 161 Å². The minimum atomic E-state index is -0.945. The average molecular weight is 374 g/mol. The standard InChI is InChI=1S/C20H30N4O3/c1-19(2,3)27-18(26)23-20(11-16(20)15-7-5-4-6-8-15)17(25)24-13-14(12-21)9-10-22-24/h10,14-16H,4-9,11,13H2,1-3H3,(H,23,26). The maximum atomic E-state index is 13.3. The quantitative estimate of drug-likeness (QED) is 0.820. The molecule has 148 valence electrons. The summed E-state index contributed by atoms with van der Waals surface area (Å²) in [6, 6.07) is 2.21. The van der Waals surface area contributed by atoms with Crippen LogP contribution < -0.4 is 5.32 Å². The molecule has 0 aromatic carbocycles. The molecule has 3 unspecified atom stereocenters. The lowest BCUT2D eigenvalue weighted by Crippen LogP contribution is -2.53. The number of nitriles is 1. The van der Waals surface area contributed by atoms with Crippen molar-refractivity contribution in [3.8, 4) is 6.07 Å². The van der Waals surface area contributed by atoms with Crippen LogP contribution in [0.4, 0.5) is 4.79 Å². The highest BCUT2D eigenvalue weighted by molar-refractivity contribution is 5.94. The van der Waals surface area contributed by atoms with Gasteiger partial charge in [0.15, 0.2) is 0 Å². The molecule has 7 heteroatoms. The van der Waals surface area contributed by atoms with Crippen LogP contribution in [-0.4, -0.2) is 40.9 Å². The second kappa shape index (κ2) is 7.49. The summed E-state index contributed by atoms with van der Waals surface area (Å²) in [5.74, 6) is 0.102.